The van der Waals surface area contributed by atoms with Crippen molar-refractivity contribution < 1.29 is 19.1 Å². The number of methoxy groups -OCH3 is 2. The van der Waals surface area contributed by atoms with Crippen molar-refractivity contribution in [2.24, 2.45) is 5.92 Å². The molecule has 1 unspecified atom stereocenters. The molecule has 0 aliphatic carbocycles. The average molecular weight is 321 g/mol. The molecule has 1 aromatic carbocycles. The third-order valence-electron chi connectivity index (χ3n) is 3.73. The summed E-state index contributed by atoms with van der Waals surface area (Å²) in [6, 6.07) is 7.08. The number of hydrogen-bond acceptors (Lipinski definition) is 4. The van der Waals surface area contributed by atoms with Crippen LogP contribution in [0.25, 0.3) is 0 Å². The molecule has 0 heterocycles. The molecule has 0 fully saturated rings. The van der Waals surface area contributed by atoms with Gasteiger partial charge >= 0.3 is 5.97 Å². The molecule has 128 valence electrons. The fraction of sp³-hybridized carbons (Fsp3) is 0.556. The Labute approximate surface area is 138 Å². The molecule has 0 saturated heterocycles. The second kappa shape index (κ2) is 9.87. The average Bonchev–Trinajstić information content (AvgIpc) is 2.59. The smallest absolute Gasteiger partial charge is 0.310 e. The van der Waals surface area contributed by atoms with Gasteiger partial charge in [0.15, 0.2) is 0 Å². The first kappa shape index (κ1) is 19.0. The summed E-state index contributed by atoms with van der Waals surface area (Å²) in [5.74, 6) is -0.0961. The molecular formula is C18H27NO4. The molecule has 23 heavy (non-hydrogen) atoms. The summed E-state index contributed by atoms with van der Waals surface area (Å²) in [5, 5.41) is 0. The molecule has 1 aromatic rings. The van der Waals surface area contributed by atoms with Gasteiger partial charge in [-0.2, -0.15) is 0 Å². The highest BCUT2D eigenvalue weighted by Gasteiger charge is 2.22. The lowest BCUT2D eigenvalue weighted by Crippen LogP contribution is -2.38. The van der Waals surface area contributed by atoms with Gasteiger partial charge in [-0.05, 0) is 24.6 Å². The molecule has 0 aromatic heterocycles. The van der Waals surface area contributed by atoms with Gasteiger partial charge < -0.3 is 14.4 Å². The molecule has 0 radical (unpaired) electrons. The molecule has 1 rings (SSSR count). The van der Waals surface area contributed by atoms with Crippen molar-refractivity contribution >= 4 is 11.9 Å². The summed E-state index contributed by atoms with van der Waals surface area (Å²) < 4.78 is 9.94. The van der Waals surface area contributed by atoms with Gasteiger partial charge in [0.05, 0.1) is 20.1 Å². The van der Waals surface area contributed by atoms with Gasteiger partial charge in [0, 0.05) is 18.7 Å². The van der Waals surface area contributed by atoms with Gasteiger partial charge in [0.25, 0.3) is 5.91 Å². The molecule has 0 bridgehead atoms. The zero-order chi connectivity index (χ0) is 17.2. The normalized spacial score (nSPS) is 11.7. The highest BCUT2D eigenvalue weighted by Crippen LogP contribution is 2.16. The summed E-state index contributed by atoms with van der Waals surface area (Å²) >= 11 is 0. The van der Waals surface area contributed by atoms with Crippen molar-refractivity contribution in [1.29, 1.82) is 0 Å². The van der Waals surface area contributed by atoms with Crippen LogP contribution in [-0.2, 0) is 9.53 Å². The van der Waals surface area contributed by atoms with Gasteiger partial charge in [0.1, 0.15) is 5.75 Å². The summed E-state index contributed by atoms with van der Waals surface area (Å²) in [6.07, 6.45) is 3.04. The van der Waals surface area contributed by atoms with E-state index in [9.17, 15) is 9.59 Å². The Morgan fingerprint density at radius 3 is 2.57 bits per heavy atom. The van der Waals surface area contributed by atoms with Crippen LogP contribution >= 0.6 is 0 Å². The lowest BCUT2D eigenvalue weighted by Gasteiger charge is -2.25. The van der Waals surface area contributed by atoms with Crippen molar-refractivity contribution in [3.05, 3.63) is 29.8 Å². The lowest BCUT2D eigenvalue weighted by atomic mass is 10.1. The van der Waals surface area contributed by atoms with Crippen molar-refractivity contribution in [2.45, 2.75) is 33.1 Å². The number of esters is 1. The Bertz CT molecular complexity index is 515. The minimum Gasteiger partial charge on any atom is -0.497 e. The summed E-state index contributed by atoms with van der Waals surface area (Å²) in [4.78, 5) is 26.2. The van der Waals surface area contributed by atoms with Crippen LogP contribution in [0.2, 0.25) is 0 Å². The van der Waals surface area contributed by atoms with E-state index in [0.717, 1.165) is 19.3 Å². The zero-order valence-electron chi connectivity index (χ0n) is 14.5. The number of benzene rings is 1. The van der Waals surface area contributed by atoms with Gasteiger partial charge in [-0.25, -0.2) is 0 Å². The Hall–Kier alpha value is -2.04. The van der Waals surface area contributed by atoms with Crippen LogP contribution in [-0.4, -0.2) is 44.1 Å². The van der Waals surface area contributed by atoms with E-state index < -0.39 is 0 Å². The summed E-state index contributed by atoms with van der Waals surface area (Å²) in [7, 11) is 2.94. The van der Waals surface area contributed by atoms with Crippen molar-refractivity contribution in [3.8, 4) is 5.75 Å². The van der Waals surface area contributed by atoms with E-state index in [1.54, 1.807) is 43.2 Å². The maximum absolute atomic E-state index is 12.8. The Morgan fingerprint density at radius 1 is 1.22 bits per heavy atom. The standard InChI is InChI=1S/C18H27NO4/c1-5-6-7-11-19(13-14(2)18(21)23-4)17(20)15-9-8-10-16(12-15)22-3/h8-10,12,14H,5-7,11,13H2,1-4H3. The minimum absolute atomic E-state index is 0.0873. The second-order valence-corrected chi connectivity index (χ2v) is 5.61. The zero-order valence-corrected chi connectivity index (χ0v) is 14.5. The predicted octanol–water partition coefficient (Wildman–Crippen LogP) is 3.14. The number of carbonyl (C=O) groups excluding carboxylic acids is 2. The molecule has 0 spiro atoms. The van der Waals surface area contributed by atoms with Crippen molar-refractivity contribution in [3.63, 3.8) is 0 Å². The number of rotatable bonds is 9. The lowest BCUT2D eigenvalue weighted by molar-refractivity contribution is -0.145. The van der Waals surface area contributed by atoms with E-state index in [1.165, 1.54) is 7.11 Å². The topological polar surface area (TPSA) is 55.8 Å². The molecule has 1 atom stereocenters. The van der Waals surface area contributed by atoms with Gasteiger partial charge in [-0.1, -0.05) is 32.8 Å². The van der Waals surface area contributed by atoms with Gasteiger partial charge in [0.2, 0.25) is 0 Å². The first-order valence-corrected chi connectivity index (χ1v) is 8.04. The Balaban J connectivity index is 2.87. The van der Waals surface area contributed by atoms with E-state index in [1.807, 2.05) is 0 Å². The molecule has 0 N–H and O–H groups in total. The van der Waals surface area contributed by atoms with E-state index in [2.05, 4.69) is 6.92 Å². The van der Waals surface area contributed by atoms with Crippen LogP contribution in [0.4, 0.5) is 0 Å². The summed E-state index contributed by atoms with van der Waals surface area (Å²) in [6.45, 7) is 4.88. The first-order chi connectivity index (χ1) is 11.0. The van der Waals surface area contributed by atoms with Crippen LogP contribution in [0.1, 0.15) is 43.5 Å². The highest BCUT2D eigenvalue weighted by atomic mass is 16.5. The van der Waals surface area contributed by atoms with Gasteiger partial charge in [-0.15, -0.1) is 0 Å². The number of hydrogen-bond donors (Lipinski definition) is 0. The Morgan fingerprint density at radius 2 is 1.96 bits per heavy atom. The Kier molecular flexibility index (Phi) is 8.16. The van der Waals surface area contributed by atoms with Crippen LogP contribution in [0.3, 0.4) is 0 Å². The van der Waals surface area contributed by atoms with Crippen LogP contribution in [0, 0.1) is 5.92 Å². The van der Waals surface area contributed by atoms with E-state index >= 15 is 0 Å². The molecule has 1 amide bonds. The van der Waals surface area contributed by atoms with E-state index in [0.29, 0.717) is 24.4 Å². The van der Waals surface area contributed by atoms with Gasteiger partial charge in [-0.3, -0.25) is 9.59 Å². The largest absolute Gasteiger partial charge is 0.497 e. The third-order valence-corrected chi connectivity index (χ3v) is 3.73. The number of nitrogens with zero attached hydrogens (tertiary/aromatic N) is 1. The first-order valence-electron chi connectivity index (χ1n) is 8.04. The minimum atomic E-state index is -0.351. The SMILES string of the molecule is CCCCCN(CC(C)C(=O)OC)C(=O)c1cccc(OC)c1. The molecule has 5 nitrogen and oxygen atoms in total. The maximum Gasteiger partial charge on any atom is 0.310 e. The maximum atomic E-state index is 12.8. The fourth-order valence-electron chi connectivity index (χ4n) is 2.37. The molecule has 0 aliphatic rings. The highest BCUT2D eigenvalue weighted by molar-refractivity contribution is 5.94. The monoisotopic (exact) mass is 321 g/mol. The number of ether oxygens (including phenoxy) is 2. The van der Waals surface area contributed by atoms with E-state index in [4.69, 9.17) is 9.47 Å². The third kappa shape index (κ3) is 5.93. The van der Waals surface area contributed by atoms with Crippen LogP contribution < -0.4 is 4.74 Å². The van der Waals surface area contributed by atoms with Crippen molar-refractivity contribution in [1.82, 2.24) is 4.90 Å². The molecule has 0 aliphatic heterocycles. The molecule has 5 heteroatoms. The predicted molar refractivity (Wildman–Crippen MR) is 89.6 cm³/mol. The number of unbranched alkanes of at least 4 members (excludes halogenated alkanes) is 2. The molecule has 0 saturated carbocycles. The number of carbonyl (C=O) groups is 2. The second-order valence-electron chi connectivity index (χ2n) is 5.61. The van der Waals surface area contributed by atoms with Crippen LogP contribution in [0.15, 0.2) is 24.3 Å². The van der Waals surface area contributed by atoms with Crippen LogP contribution in [0.5, 0.6) is 5.75 Å². The fourth-order valence-corrected chi connectivity index (χ4v) is 2.37. The van der Waals surface area contributed by atoms with Crippen molar-refractivity contribution in [2.75, 3.05) is 27.3 Å². The number of amides is 1. The van der Waals surface area contributed by atoms with E-state index in [-0.39, 0.29) is 17.8 Å². The quantitative estimate of drug-likeness (QED) is 0.518. The summed E-state index contributed by atoms with van der Waals surface area (Å²) in [5.41, 5.74) is 0.568. The molecular weight excluding hydrogens is 294 g/mol.